The van der Waals surface area contributed by atoms with Crippen LogP contribution in [0.1, 0.15) is 28.8 Å². The zero-order valence-corrected chi connectivity index (χ0v) is 12.7. The summed E-state index contributed by atoms with van der Waals surface area (Å²) in [7, 11) is 0. The number of carbonyl (C=O) groups is 1. The summed E-state index contributed by atoms with van der Waals surface area (Å²) >= 11 is 0. The van der Waals surface area contributed by atoms with Crippen LogP contribution in [0.3, 0.4) is 0 Å². The van der Waals surface area contributed by atoms with E-state index in [9.17, 15) is 13.6 Å². The lowest BCUT2D eigenvalue weighted by atomic mass is 10.1. The van der Waals surface area contributed by atoms with Crippen LogP contribution in [-0.2, 0) is 0 Å². The highest BCUT2D eigenvalue weighted by molar-refractivity contribution is 6.04. The Bertz CT molecular complexity index is 704. The van der Waals surface area contributed by atoms with E-state index in [0.717, 1.165) is 0 Å². The molecule has 4 nitrogen and oxygen atoms in total. The van der Waals surface area contributed by atoms with Gasteiger partial charge in [0.25, 0.3) is 0 Å². The number of alkyl halides is 2. The molecule has 0 bridgehead atoms. The fourth-order valence-electron chi connectivity index (χ4n) is 1.91. The molecule has 0 unspecified atom stereocenters. The van der Waals surface area contributed by atoms with E-state index in [1.807, 2.05) is 0 Å². The average Bonchev–Trinajstić information content (AvgIpc) is 2.93. The van der Waals surface area contributed by atoms with Crippen LogP contribution in [0.2, 0.25) is 0 Å². The predicted molar refractivity (Wildman–Crippen MR) is 81.1 cm³/mol. The normalized spacial score (nSPS) is 11.2. The Kier molecular flexibility index (Phi) is 5.51. The standard InChI is InChI=1S/C17H16F2O4/c1-3-21-16-10-12(6-9-15(16)23-17(18)19)5-7-13(20)14-8-4-11(2)22-14/h4-10,17H,3H2,1-2H3/b7-5+. The lowest BCUT2D eigenvalue weighted by Crippen LogP contribution is -2.04. The molecule has 6 heteroatoms. The Balaban J connectivity index is 2.17. The Hall–Kier alpha value is -2.63. The van der Waals surface area contributed by atoms with Crippen LogP contribution >= 0.6 is 0 Å². The van der Waals surface area contributed by atoms with E-state index in [4.69, 9.17) is 9.15 Å². The molecule has 0 radical (unpaired) electrons. The summed E-state index contributed by atoms with van der Waals surface area (Å²) in [5.74, 6) is 0.738. The molecule has 0 fully saturated rings. The second kappa shape index (κ2) is 7.58. The van der Waals surface area contributed by atoms with Crippen molar-refractivity contribution in [2.75, 3.05) is 6.61 Å². The number of hydrogen-bond acceptors (Lipinski definition) is 4. The minimum absolute atomic E-state index is 0.0491. The van der Waals surface area contributed by atoms with Crippen molar-refractivity contribution in [2.45, 2.75) is 20.5 Å². The Morgan fingerprint density at radius 2 is 2.04 bits per heavy atom. The van der Waals surface area contributed by atoms with Crippen molar-refractivity contribution in [3.63, 3.8) is 0 Å². The first-order chi connectivity index (χ1) is 11.0. The summed E-state index contributed by atoms with van der Waals surface area (Å²) in [6.07, 6.45) is 2.89. The molecule has 122 valence electrons. The molecule has 0 N–H and O–H groups in total. The van der Waals surface area contributed by atoms with Gasteiger partial charge in [0, 0.05) is 0 Å². The first kappa shape index (κ1) is 16.7. The van der Waals surface area contributed by atoms with E-state index in [0.29, 0.717) is 17.9 Å². The number of halogens is 2. The number of rotatable bonds is 7. The fraction of sp³-hybridized carbons (Fsp3) is 0.235. The van der Waals surface area contributed by atoms with Crippen molar-refractivity contribution in [3.05, 3.63) is 53.5 Å². The van der Waals surface area contributed by atoms with Crippen LogP contribution in [-0.4, -0.2) is 19.0 Å². The number of aryl methyl sites for hydroxylation is 1. The highest BCUT2D eigenvalue weighted by atomic mass is 19.3. The van der Waals surface area contributed by atoms with Crippen LogP contribution in [0.25, 0.3) is 6.08 Å². The summed E-state index contributed by atoms with van der Waals surface area (Å²) in [5.41, 5.74) is 0.617. The van der Waals surface area contributed by atoms with Gasteiger partial charge in [-0.25, -0.2) is 0 Å². The van der Waals surface area contributed by atoms with E-state index in [1.54, 1.807) is 38.1 Å². The van der Waals surface area contributed by atoms with Crippen LogP contribution in [0.4, 0.5) is 8.78 Å². The Morgan fingerprint density at radius 3 is 2.65 bits per heavy atom. The highest BCUT2D eigenvalue weighted by Crippen LogP contribution is 2.30. The molecule has 0 atom stereocenters. The van der Waals surface area contributed by atoms with Gasteiger partial charge in [-0.05, 0) is 49.8 Å². The number of hydrogen-bond donors (Lipinski definition) is 0. The minimum atomic E-state index is -2.93. The zero-order valence-electron chi connectivity index (χ0n) is 12.7. The predicted octanol–water partition coefficient (Wildman–Crippen LogP) is 4.48. The molecule has 0 aliphatic heterocycles. The van der Waals surface area contributed by atoms with Crippen molar-refractivity contribution < 1.29 is 27.5 Å². The van der Waals surface area contributed by atoms with E-state index < -0.39 is 6.61 Å². The number of carbonyl (C=O) groups excluding carboxylic acids is 1. The Morgan fingerprint density at radius 1 is 1.26 bits per heavy atom. The van der Waals surface area contributed by atoms with Crippen molar-refractivity contribution in [1.29, 1.82) is 0 Å². The van der Waals surface area contributed by atoms with Gasteiger partial charge in [-0.3, -0.25) is 4.79 Å². The van der Waals surface area contributed by atoms with Crippen LogP contribution in [0.5, 0.6) is 11.5 Å². The van der Waals surface area contributed by atoms with E-state index >= 15 is 0 Å². The maximum Gasteiger partial charge on any atom is 0.387 e. The second-order valence-electron chi connectivity index (χ2n) is 4.63. The molecular weight excluding hydrogens is 306 g/mol. The molecule has 0 amide bonds. The van der Waals surface area contributed by atoms with E-state index in [1.165, 1.54) is 18.2 Å². The molecule has 23 heavy (non-hydrogen) atoms. The van der Waals surface area contributed by atoms with Gasteiger partial charge in [0.1, 0.15) is 5.76 Å². The van der Waals surface area contributed by atoms with Gasteiger partial charge in [0.2, 0.25) is 5.78 Å². The third-order valence-electron chi connectivity index (χ3n) is 2.89. The molecule has 2 aromatic rings. The number of ether oxygens (including phenoxy) is 2. The maximum atomic E-state index is 12.3. The Labute approximate surface area is 132 Å². The molecule has 1 aromatic heterocycles. The van der Waals surface area contributed by atoms with Crippen LogP contribution < -0.4 is 9.47 Å². The van der Waals surface area contributed by atoms with Crippen molar-refractivity contribution >= 4 is 11.9 Å². The largest absolute Gasteiger partial charge is 0.490 e. The van der Waals surface area contributed by atoms with Gasteiger partial charge in [0.05, 0.1) is 6.61 Å². The highest BCUT2D eigenvalue weighted by Gasteiger charge is 2.11. The van der Waals surface area contributed by atoms with Gasteiger partial charge >= 0.3 is 6.61 Å². The maximum absolute atomic E-state index is 12.3. The average molecular weight is 322 g/mol. The first-order valence-corrected chi connectivity index (χ1v) is 7.00. The number of furan rings is 1. The second-order valence-corrected chi connectivity index (χ2v) is 4.63. The van der Waals surface area contributed by atoms with Gasteiger partial charge in [-0.2, -0.15) is 8.78 Å². The topological polar surface area (TPSA) is 48.7 Å². The summed E-state index contributed by atoms with van der Waals surface area (Å²) in [5, 5.41) is 0. The van der Waals surface area contributed by atoms with Gasteiger partial charge in [-0.1, -0.05) is 12.1 Å². The summed E-state index contributed by atoms with van der Waals surface area (Å²) in [6.45, 7) is 0.852. The molecule has 0 spiro atoms. The van der Waals surface area contributed by atoms with Crippen molar-refractivity contribution in [1.82, 2.24) is 0 Å². The first-order valence-electron chi connectivity index (χ1n) is 7.00. The lowest BCUT2D eigenvalue weighted by Gasteiger charge is -2.11. The quantitative estimate of drug-likeness (QED) is 0.557. The third kappa shape index (κ3) is 4.67. The minimum Gasteiger partial charge on any atom is -0.490 e. The molecule has 0 aliphatic carbocycles. The molecule has 0 aliphatic rings. The monoisotopic (exact) mass is 322 g/mol. The summed E-state index contributed by atoms with van der Waals surface area (Å²) < 4.78 is 39.6. The van der Waals surface area contributed by atoms with E-state index in [-0.39, 0.29) is 23.0 Å². The van der Waals surface area contributed by atoms with Crippen LogP contribution in [0, 0.1) is 6.92 Å². The van der Waals surface area contributed by atoms with Crippen molar-refractivity contribution in [3.8, 4) is 11.5 Å². The molecule has 0 saturated heterocycles. The summed E-state index contributed by atoms with van der Waals surface area (Å²) in [4.78, 5) is 11.9. The number of ketones is 1. The van der Waals surface area contributed by atoms with Crippen molar-refractivity contribution in [2.24, 2.45) is 0 Å². The molecule has 0 saturated carbocycles. The van der Waals surface area contributed by atoms with Gasteiger partial charge in [0.15, 0.2) is 17.3 Å². The molecular formula is C17H16F2O4. The van der Waals surface area contributed by atoms with Gasteiger partial charge in [-0.15, -0.1) is 0 Å². The third-order valence-corrected chi connectivity index (χ3v) is 2.89. The lowest BCUT2D eigenvalue weighted by molar-refractivity contribution is -0.0514. The number of benzene rings is 1. The smallest absolute Gasteiger partial charge is 0.387 e. The molecule has 1 aromatic carbocycles. The van der Waals surface area contributed by atoms with Crippen LogP contribution in [0.15, 0.2) is 40.8 Å². The van der Waals surface area contributed by atoms with E-state index in [2.05, 4.69) is 4.74 Å². The van der Waals surface area contributed by atoms with Gasteiger partial charge < -0.3 is 13.9 Å². The SMILES string of the molecule is CCOc1cc(/C=C/C(=O)c2ccc(C)o2)ccc1OC(F)F. The summed E-state index contributed by atoms with van der Waals surface area (Å²) in [6, 6.07) is 7.74. The molecule has 2 rings (SSSR count). The fourth-order valence-corrected chi connectivity index (χ4v) is 1.91. The zero-order chi connectivity index (χ0) is 16.8. The molecule has 1 heterocycles. The number of allylic oxidation sites excluding steroid dienone is 1.